The third-order valence-electron chi connectivity index (χ3n) is 5.20. The number of fused-ring (bicyclic) bond motifs is 2. The van der Waals surface area contributed by atoms with Crippen LogP contribution in [0.5, 0.6) is 5.75 Å². The fourth-order valence-corrected chi connectivity index (χ4v) is 3.79. The van der Waals surface area contributed by atoms with Crippen LogP contribution in [0.2, 0.25) is 0 Å². The largest absolute Gasteiger partial charge is 0.512 e. The number of alkyl halides is 6. The monoisotopic (exact) mass is 424 g/mol. The molecule has 0 unspecified atom stereocenters. The number of aliphatic hydroxyl groups is 1. The van der Waals surface area contributed by atoms with Gasteiger partial charge >= 0.3 is 12.4 Å². The maximum absolute atomic E-state index is 13.1. The van der Waals surface area contributed by atoms with E-state index >= 15 is 0 Å². The normalized spacial score (nSPS) is 14.9. The van der Waals surface area contributed by atoms with E-state index in [1.54, 1.807) is 0 Å². The van der Waals surface area contributed by atoms with E-state index in [1.807, 2.05) is 0 Å². The Morgan fingerprint density at radius 2 is 1.33 bits per heavy atom. The topological polar surface area (TPSA) is 40.5 Å². The second kappa shape index (κ2) is 6.68. The van der Waals surface area contributed by atoms with Gasteiger partial charge in [-0.25, -0.2) is 0 Å². The van der Waals surface area contributed by atoms with Crippen LogP contribution in [-0.2, 0) is 18.8 Å². The highest BCUT2D eigenvalue weighted by atomic mass is 19.4. The number of hydrogen-bond acceptors (Lipinski definition) is 2. The molecule has 8 heteroatoms. The Balaban J connectivity index is 1.95. The fraction of sp³-hybridized carbons (Fsp3) is 0.182. The number of halogens is 6. The van der Waals surface area contributed by atoms with Gasteiger partial charge in [0.15, 0.2) is 0 Å². The first-order chi connectivity index (χ1) is 14.0. The van der Waals surface area contributed by atoms with Gasteiger partial charge in [0.25, 0.3) is 0 Å². The molecule has 30 heavy (non-hydrogen) atoms. The van der Waals surface area contributed by atoms with Gasteiger partial charge in [0.05, 0.1) is 11.1 Å². The molecule has 0 spiro atoms. The minimum atomic E-state index is -4.56. The van der Waals surface area contributed by atoms with E-state index in [-0.39, 0.29) is 46.3 Å². The molecule has 1 aliphatic carbocycles. The Morgan fingerprint density at radius 3 is 2.00 bits per heavy atom. The van der Waals surface area contributed by atoms with Crippen LogP contribution in [0.1, 0.15) is 34.2 Å². The van der Waals surface area contributed by atoms with E-state index in [0.29, 0.717) is 11.1 Å². The highest BCUT2D eigenvalue weighted by molar-refractivity contribution is 6.01. The lowest BCUT2D eigenvalue weighted by Crippen LogP contribution is -2.11. The molecule has 0 bridgehead atoms. The van der Waals surface area contributed by atoms with Gasteiger partial charge in [-0.2, -0.15) is 26.3 Å². The molecule has 0 saturated carbocycles. The Bertz CT molecular complexity index is 1190. The van der Waals surface area contributed by atoms with Crippen molar-refractivity contribution in [3.8, 4) is 5.75 Å². The van der Waals surface area contributed by atoms with Crippen molar-refractivity contribution < 1.29 is 36.6 Å². The Hall–Kier alpha value is -3.16. The number of phenolic OH excluding ortho intramolecular Hbond substituents is 1. The van der Waals surface area contributed by atoms with E-state index < -0.39 is 23.5 Å². The summed E-state index contributed by atoms with van der Waals surface area (Å²) in [6, 6.07) is 8.57. The lowest BCUT2D eigenvalue weighted by atomic mass is 9.82. The number of phenols is 1. The number of aromatic hydroxyl groups is 1. The summed E-state index contributed by atoms with van der Waals surface area (Å²) in [5.74, 6) is -0.443. The van der Waals surface area contributed by atoms with E-state index in [9.17, 15) is 36.6 Å². The van der Waals surface area contributed by atoms with Crippen LogP contribution < -0.4 is 0 Å². The molecular weight excluding hydrogens is 410 g/mol. The van der Waals surface area contributed by atoms with Gasteiger partial charge in [0, 0.05) is 17.6 Å². The van der Waals surface area contributed by atoms with Gasteiger partial charge in [-0.05, 0) is 58.7 Å². The van der Waals surface area contributed by atoms with E-state index in [4.69, 9.17) is 0 Å². The Labute approximate surface area is 166 Å². The van der Waals surface area contributed by atoms with Gasteiger partial charge in [-0.15, -0.1) is 0 Å². The summed E-state index contributed by atoms with van der Waals surface area (Å²) in [6.07, 6.45) is -8.88. The molecule has 1 aliphatic rings. The highest BCUT2D eigenvalue weighted by Crippen LogP contribution is 2.44. The van der Waals surface area contributed by atoms with Crippen molar-refractivity contribution >= 4 is 16.3 Å². The number of allylic oxidation sites excluding steroid dienone is 1. The van der Waals surface area contributed by atoms with E-state index in [1.165, 1.54) is 24.3 Å². The second-order valence-electron chi connectivity index (χ2n) is 7.08. The molecule has 3 aromatic rings. The minimum absolute atomic E-state index is 0.0418. The third-order valence-corrected chi connectivity index (χ3v) is 5.20. The van der Waals surface area contributed by atoms with Crippen molar-refractivity contribution in [2.24, 2.45) is 0 Å². The molecule has 0 fully saturated rings. The molecule has 0 aliphatic heterocycles. The number of benzene rings is 3. The maximum Gasteiger partial charge on any atom is 0.416 e. The standard InChI is InChI=1S/C22H14F6O2/c23-21(24,25)13-3-5-15-11(9-13)1-7-17(29)19(15)20-16-6-4-14(22(26,27)28)10-12(16)2-8-18(20)30/h1,3-7,9-10,29-30H,2,8H2. The number of aryl methyl sites for hydroxylation is 1. The zero-order chi connectivity index (χ0) is 21.8. The third kappa shape index (κ3) is 3.36. The Morgan fingerprint density at radius 1 is 0.700 bits per heavy atom. The van der Waals surface area contributed by atoms with Crippen molar-refractivity contribution in [2.75, 3.05) is 0 Å². The van der Waals surface area contributed by atoms with Gasteiger partial charge in [0.2, 0.25) is 0 Å². The van der Waals surface area contributed by atoms with Crippen LogP contribution in [-0.4, -0.2) is 10.2 Å². The van der Waals surface area contributed by atoms with E-state index in [2.05, 4.69) is 0 Å². The van der Waals surface area contributed by atoms with Crippen LogP contribution >= 0.6 is 0 Å². The van der Waals surface area contributed by atoms with E-state index in [0.717, 1.165) is 24.3 Å². The first-order valence-electron chi connectivity index (χ1n) is 8.92. The Kier molecular flexibility index (Phi) is 4.48. The summed E-state index contributed by atoms with van der Waals surface area (Å²) in [5, 5.41) is 21.4. The van der Waals surface area contributed by atoms with Crippen molar-refractivity contribution in [3.05, 3.63) is 82.1 Å². The van der Waals surface area contributed by atoms with Crippen molar-refractivity contribution in [2.45, 2.75) is 25.2 Å². The number of hydrogen-bond donors (Lipinski definition) is 2. The van der Waals surface area contributed by atoms with Crippen molar-refractivity contribution in [1.29, 1.82) is 0 Å². The lowest BCUT2D eigenvalue weighted by Gasteiger charge is -2.23. The molecule has 0 saturated heterocycles. The maximum atomic E-state index is 13.1. The predicted octanol–water partition coefficient (Wildman–Crippen LogP) is 6.85. The summed E-state index contributed by atoms with van der Waals surface area (Å²) in [7, 11) is 0. The van der Waals surface area contributed by atoms with Gasteiger partial charge in [-0.3, -0.25) is 0 Å². The van der Waals surface area contributed by atoms with Gasteiger partial charge < -0.3 is 10.2 Å². The summed E-state index contributed by atoms with van der Waals surface area (Å²) < 4.78 is 78.4. The zero-order valence-electron chi connectivity index (χ0n) is 15.2. The fourth-order valence-electron chi connectivity index (χ4n) is 3.79. The van der Waals surface area contributed by atoms with Gasteiger partial charge in [-0.1, -0.05) is 18.2 Å². The zero-order valence-corrected chi connectivity index (χ0v) is 15.2. The number of rotatable bonds is 1. The quantitative estimate of drug-likeness (QED) is 0.420. The van der Waals surface area contributed by atoms with Crippen molar-refractivity contribution in [1.82, 2.24) is 0 Å². The summed E-state index contributed by atoms with van der Waals surface area (Å²) in [4.78, 5) is 0. The molecule has 0 heterocycles. The molecule has 2 N–H and O–H groups in total. The first kappa shape index (κ1) is 20.1. The van der Waals surface area contributed by atoms with Crippen LogP contribution in [0.15, 0.2) is 54.3 Å². The summed E-state index contributed by atoms with van der Waals surface area (Å²) in [6.45, 7) is 0. The lowest BCUT2D eigenvalue weighted by molar-refractivity contribution is -0.138. The second-order valence-corrected chi connectivity index (χ2v) is 7.08. The van der Waals surface area contributed by atoms with Crippen LogP contribution in [0.4, 0.5) is 26.3 Å². The molecule has 0 aromatic heterocycles. The average Bonchev–Trinajstić information content (AvgIpc) is 2.66. The summed E-state index contributed by atoms with van der Waals surface area (Å²) >= 11 is 0. The first-order valence-corrected chi connectivity index (χ1v) is 8.92. The smallest absolute Gasteiger partial charge is 0.416 e. The molecule has 4 rings (SSSR count). The SMILES string of the molecule is OC1=C(c2c(O)ccc3cc(C(F)(F)F)ccc23)c2ccc(C(F)(F)F)cc2CC1. The molecule has 3 aromatic carbocycles. The predicted molar refractivity (Wildman–Crippen MR) is 99.0 cm³/mol. The van der Waals surface area contributed by atoms with Crippen LogP contribution in [0.25, 0.3) is 16.3 Å². The average molecular weight is 424 g/mol. The summed E-state index contributed by atoms with van der Waals surface area (Å²) in [5.41, 5.74) is -0.870. The molecule has 2 nitrogen and oxygen atoms in total. The van der Waals surface area contributed by atoms with Crippen LogP contribution in [0, 0.1) is 0 Å². The molecular formula is C22H14F6O2. The van der Waals surface area contributed by atoms with Crippen molar-refractivity contribution in [3.63, 3.8) is 0 Å². The number of aliphatic hydroxyl groups excluding tert-OH is 1. The van der Waals surface area contributed by atoms with Crippen LogP contribution in [0.3, 0.4) is 0 Å². The molecule has 0 amide bonds. The van der Waals surface area contributed by atoms with Gasteiger partial charge in [0.1, 0.15) is 11.5 Å². The highest BCUT2D eigenvalue weighted by Gasteiger charge is 2.33. The molecule has 156 valence electrons. The molecule has 0 radical (unpaired) electrons. The minimum Gasteiger partial charge on any atom is -0.512 e. The molecule has 0 atom stereocenters.